The first-order valence-corrected chi connectivity index (χ1v) is 12.2. The Kier molecular flexibility index (Phi) is 8.34. The van der Waals surface area contributed by atoms with Crippen LogP contribution in [0, 0.1) is 23.3 Å². The van der Waals surface area contributed by atoms with Crippen LogP contribution in [0.4, 0.5) is 23.4 Å². The third kappa shape index (κ3) is 6.11. The maximum absolute atomic E-state index is 15.0. The molecule has 3 aromatic rings. The number of halogens is 4. The molecule has 39 heavy (non-hydrogen) atoms. The minimum atomic E-state index is -1.25. The average molecular weight is 548 g/mol. The standard InChI is InChI=1S/C27H25F4N3O5/c28-14-5-6-17(19(29)11-14)25(36)18-7-8-23(35)34(26(18)33)24-20(30)12-16(13-21(24)31)38-10-9-22(32)27(37)39-15-3-1-2-4-15/h5-8,11-13,15,22H,1-4,9-10,32-33H2/t22-/m1/s1. The number of nitrogens with two attached hydrogens (primary N) is 2. The summed E-state index contributed by atoms with van der Waals surface area (Å²) in [6.45, 7) is -0.158. The highest BCUT2D eigenvalue weighted by molar-refractivity contribution is 6.11. The Balaban J connectivity index is 1.52. The van der Waals surface area contributed by atoms with Crippen LogP contribution < -0.4 is 21.8 Å². The second-order valence-electron chi connectivity index (χ2n) is 9.08. The van der Waals surface area contributed by atoms with Crippen LogP contribution in [0.15, 0.2) is 47.3 Å². The van der Waals surface area contributed by atoms with E-state index in [1.807, 2.05) is 0 Å². The molecule has 0 unspecified atom stereocenters. The van der Waals surface area contributed by atoms with Gasteiger partial charge in [-0.25, -0.2) is 17.6 Å². The average Bonchev–Trinajstić information content (AvgIpc) is 3.38. The van der Waals surface area contributed by atoms with E-state index in [-0.39, 0.29) is 24.9 Å². The van der Waals surface area contributed by atoms with Gasteiger partial charge in [0.15, 0.2) is 17.4 Å². The second kappa shape index (κ2) is 11.7. The third-order valence-corrected chi connectivity index (χ3v) is 6.35. The largest absolute Gasteiger partial charge is 0.493 e. The van der Waals surface area contributed by atoms with Gasteiger partial charge in [0, 0.05) is 30.7 Å². The number of aromatic nitrogens is 1. The van der Waals surface area contributed by atoms with Gasteiger partial charge in [0.05, 0.1) is 17.7 Å². The van der Waals surface area contributed by atoms with Gasteiger partial charge < -0.3 is 20.9 Å². The van der Waals surface area contributed by atoms with Gasteiger partial charge in [0.2, 0.25) is 0 Å². The molecule has 0 saturated heterocycles. The van der Waals surface area contributed by atoms with Crippen LogP contribution in [0.5, 0.6) is 5.75 Å². The van der Waals surface area contributed by atoms with E-state index in [1.165, 1.54) is 0 Å². The number of carbonyl (C=O) groups excluding carboxylic acids is 2. The predicted molar refractivity (Wildman–Crippen MR) is 133 cm³/mol. The van der Waals surface area contributed by atoms with Gasteiger partial charge in [0.25, 0.3) is 5.56 Å². The zero-order chi connectivity index (χ0) is 28.3. The van der Waals surface area contributed by atoms with Crippen LogP contribution in [0.2, 0.25) is 0 Å². The molecule has 4 N–H and O–H groups in total. The summed E-state index contributed by atoms with van der Waals surface area (Å²) >= 11 is 0. The van der Waals surface area contributed by atoms with Gasteiger partial charge in [-0.15, -0.1) is 0 Å². The molecule has 8 nitrogen and oxygen atoms in total. The topological polar surface area (TPSA) is 127 Å². The first-order valence-electron chi connectivity index (χ1n) is 12.2. The molecule has 1 aromatic heterocycles. The Morgan fingerprint density at radius 1 is 0.949 bits per heavy atom. The van der Waals surface area contributed by atoms with Gasteiger partial charge in [0.1, 0.15) is 41.0 Å². The van der Waals surface area contributed by atoms with Gasteiger partial charge in [-0.3, -0.25) is 19.0 Å². The fraction of sp³-hybridized carbons (Fsp3) is 0.296. The predicted octanol–water partition coefficient (Wildman–Crippen LogP) is 3.79. The zero-order valence-corrected chi connectivity index (χ0v) is 20.6. The first-order chi connectivity index (χ1) is 18.6. The van der Waals surface area contributed by atoms with E-state index in [9.17, 15) is 23.2 Å². The molecule has 2 aromatic carbocycles. The van der Waals surface area contributed by atoms with Crippen molar-refractivity contribution in [1.29, 1.82) is 0 Å². The summed E-state index contributed by atoms with van der Waals surface area (Å²) in [6, 6.07) is 4.64. The molecular weight excluding hydrogens is 522 g/mol. The van der Waals surface area contributed by atoms with E-state index < -0.39 is 69.3 Å². The number of benzene rings is 2. The molecule has 1 aliphatic carbocycles. The van der Waals surface area contributed by atoms with Crippen LogP contribution in [0.3, 0.4) is 0 Å². The molecule has 1 saturated carbocycles. The number of nitrogens with zero attached hydrogens (tertiary/aromatic N) is 1. The number of carbonyl (C=O) groups is 2. The SMILES string of the molecule is Nc1c(C(=O)c2ccc(F)cc2F)ccc(=O)n1-c1c(F)cc(OCC[C@@H](N)C(=O)OC2CCCC2)cc1F. The number of anilines is 1. The van der Waals surface area contributed by atoms with E-state index in [0.29, 0.717) is 10.6 Å². The highest BCUT2D eigenvalue weighted by Gasteiger charge is 2.25. The van der Waals surface area contributed by atoms with Crippen molar-refractivity contribution >= 4 is 17.6 Å². The van der Waals surface area contributed by atoms with Crippen LogP contribution in [-0.2, 0) is 9.53 Å². The molecule has 206 valence electrons. The van der Waals surface area contributed by atoms with Gasteiger partial charge >= 0.3 is 5.97 Å². The summed E-state index contributed by atoms with van der Waals surface area (Å²) in [5.41, 5.74) is 8.91. The zero-order valence-electron chi connectivity index (χ0n) is 20.6. The lowest BCUT2D eigenvalue weighted by atomic mass is 10.0. The number of nitrogen functional groups attached to an aromatic ring is 1. The number of ether oxygens (including phenoxy) is 2. The summed E-state index contributed by atoms with van der Waals surface area (Å²) in [5.74, 6) is -7.11. The maximum atomic E-state index is 15.0. The molecule has 1 fully saturated rings. The summed E-state index contributed by atoms with van der Waals surface area (Å²) in [7, 11) is 0. The molecule has 0 aliphatic heterocycles. The summed E-state index contributed by atoms with van der Waals surface area (Å²) in [4.78, 5) is 37.4. The molecule has 1 atom stereocenters. The van der Waals surface area contributed by atoms with Crippen molar-refractivity contribution in [2.45, 2.75) is 44.2 Å². The number of rotatable bonds is 9. The normalized spacial score (nSPS) is 14.3. The number of hydrogen-bond donors (Lipinski definition) is 2. The Bertz CT molecular complexity index is 1450. The lowest BCUT2D eigenvalue weighted by Gasteiger charge is -2.17. The summed E-state index contributed by atoms with van der Waals surface area (Å²) in [5, 5.41) is 0. The van der Waals surface area contributed by atoms with E-state index in [1.54, 1.807) is 0 Å². The Hall–Kier alpha value is -4.19. The summed E-state index contributed by atoms with van der Waals surface area (Å²) in [6.07, 6.45) is 3.40. The molecule has 0 bridgehead atoms. The van der Waals surface area contributed by atoms with E-state index in [0.717, 1.165) is 62.1 Å². The summed E-state index contributed by atoms with van der Waals surface area (Å²) < 4.78 is 68.6. The van der Waals surface area contributed by atoms with Gasteiger partial charge in [-0.1, -0.05) is 0 Å². The molecule has 12 heteroatoms. The van der Waals surface area contributed by atoms with Gasteiger partial charge in [-0.2, -0.15) is 0 Å². The Labute approximate surface area is 220 Å². The van der Waals surface area contributed by atoms with Crippen LogP contribution in [-0.4, -0.2) is 35.1 Å². The van der Waals surface area contributed by atoms with Crippen molar-refractivity contribution in [2.24, 2.45) is 5.73 Å². The minimum absolute atomic E-state index is 0.0209. The third-order valence-electron chi connectivity index (χ3n) is 6.35. The molecule has 0 amide bonds. The highest BCUT2D eigenvalue weighted by Crippen LogP contribution is 2.27. The minimum Gasteiger partial charge on any atom is -0.493 e. The molecule has 1 heterocycles. The lowest BCUT2D eigenvalue weighted by Crippen LogP contribution is -2.35. The van der Waals surface area contributed by atoms with Crippen molar-refractivity contribution < 1.29 is 36.6 Å². The fourth-order valence-electron chi connectivity index (χ4n) is 4.31. The monoisotopic (exact) mass is 547 g/mol. The maximum Gasteiger partial charge on any atom is 0.323 e. The Morgan fingerprint density at radius 2 is 1.59 bits per heavy atom. The molecular formula is C27H25F4N3O5. The highest BCUT2D eigenvalue weighted by atomic mass is 19.1. The second-order valence-corrected chi connectivity index (χ2v) is 9.08. The number of ketones is 1. The van der Waals surface area contributed by atoms with E-state index in [2.05, 4.69) is 0 Å². The van der Waals surface area contributed by atoms with Crippen molar-refractivity contribution in [3.63, 3.8) is 0 Å². The van der Waals surface area contributed by atoms with Crippen LogP contribution in [0.25, 0.3) is 5.69 Å². The number of esters is 1. The van der Waals surface area contributed by atoms with Crippen molar-refractivity contribution in [1.82, 2.24) is 4.57 Å². The van der Waals surface area contributed by atoms with Crippen LogP contribution >= 0.6 is 0 Å². The molecule has 1 aliphatic rings. The van der Waals surface area contributed by atoms with E-state index in [4.69, 9.17) is 20.9 Å². The van der Waals surface area contributed by atoms with Crippen molar-refractivity contribution in [3.8, 4) is 11.4 Å². The quantitative estimate of drug-likeness (QED) is 0.237. The fourth-order valence-corrected chi connectivity index (χ4v) is 4.31. The van der Waals surface area contributed by atoms with Crippen molar-refractivity contribution in [2.75, 3.05) is 12.3 Å². The smallest absolute Gasteiger partial charge is 0.323 e. The number of pyridine rings is 1. The molecule has 0 radical (unpaired) electrons. The first kappa shape index (κ1) is 27.8. The van der Waals surface area contributed by atoms with Crippen molar-refractivity contribution in [3.05, 3.63) is 87.2 Å². The lowest BCUT2D eigenvalue weighted by molar-refractivity contribution is -0.150. The van der Waals surface area contributed by atoms with Gasteiger partial charge in [-0.05, 0) is 43.9 Å². The van der Waals surface area contributed by atoms with E-state index >= 15 is 8.78 Å². The van der Waals surface area contributed by atoms with Crippen LogP contribution in [0.1, 0.15) is 48.0 Å². The molecule has 0 spiro atoms. The molecule has 4 rings (SSSR count). The number of hydrogen-bond acceptors (Lipinski definition) is 7. The Morgan fingerprint density at radius 3 is 2.23 bits per heavy atom.